The first kappa shape index (κ1) is 28.2. The van der Waals surface area contributed by atoms with E-state index in [-0.39, 0.29) is 29.8 Å². The molecule has 0 aliphatic carbocycles. The summed E-state index contributed by atoms with van der Waals surface area (Å²) in [6, 6.07) is 12.5. The number of carbonyl (C=O) groups excluding carboxylic acids is 3. The second kappa shape index (κ2) is 11.1. The molecular weight excluding hydrogens is 530 g/mol. The summed E-state index contributed by atoms with van der Waals surface area (Å²) < 4.78 is 0. The van der Waals surface area contributed by atoms with Crippen LogP contribution in [0.15, 0.2) is 48.7 Å². The number of likely N-dealkylation sites (N-methyl/N-ethyl adjacent to an activating group) is 1. The average Bonchev–Trinajstić information content (AvgIpc) is 3.73. The highest BCUT2D eigenvalue weighted by Crippen LogP contribution is 2.34. The van der Waals surface area contributed by atoms with E-state index in [1.807, 2.05) is 79.2 Å². The van der Waals surface area contributed by atoms with Crippen LogP contribution in [-0.2, 0) is 4.79 Å². The van der Waals surface area contributed by atoms with Gasteiger partial charge in [0, 0.05) is 50.2 Å². The molecule has 3 aliphatic rings. The smallest absolute Gasteiger partial charge is 0.272 e. The minimum absolute atomic E-state index is 0.0555. The summed E-state index contributed by atoms with van der Waals surface area (Å²) in [5.74, 6) is -0.490. The number of amides is 3. The number of hydrogen-bond acceptors (Lipinski definition) is 6. The molecule has 0 saturated carbocycles. The number of benzene rings is 1. The molecule has 0 spiro atoms. The molecule has 3 aliphatic heterocycles. The van der Waals surface area contributed by atoms with E-state index in [1.165, 1.54) is 0 Å². The van der Waals surface area contributed by atoms with Gasteiger partial charge >= 0.3 is 0 Å². The number of pyridine rings is 1. The van der Waals surface area contributed by atoms with Crippen molar-refractivity contribution in [2.45, 2.75) is 52.2 Å². The molecule has 3 aromatic rings. The molecule has 2 bridgehead atoms. The first-order valence-corrected chi connectivity index (χ1v) is 15.1. The van der Waals surface area contributed by atoms with Crippen LogP contribution in [0.5, 0.6) is 0 Å². The van der Waals surface area contributed by atoms with Crippen molar-refractivity contribution in [3.8, 4) is 0 Å². The highest BCUT2D eigenvalue weighted by atomic mass is 16.2. The van der Waals surface area contributed by atoms with Crippen molar-refractivity contribution in [1.82, 2.24) is 30.0 Å². The van der Waals surface area contributed by atoms with Gasteiger partial charge in [-0.2, -0.15) is 0 Å². The van der Waals surface area contributed by atoms with E-state index in [9.17, 15) is 14.4 Å². The Balaban J connectivity index is 1.09. The number of nitrogens with zero attached hydrogens (tertiary/aromatic N) is 5. The van der Waals surface area contributed by atoms with Crippen LogP contribution in [-0.4, -0.2) is 106 Å². The van der Waals surface area contributed by atoms with Gasteiger partial charge in [-0.05, 0) is 42.6 Å². The van der Waals surface area contributed by atoms with E-state index in [1.54, 1.807) is 0 Å². The maximum absolute atomic E-state index is 13.9. The third-order valence-electron chi connectivity index (χ3n) is 9.10. The van der Waals surface area contributed by atoms with Crippen LogP contribution in [0.3, 0.4) is 0 Å². The normalized spacial score (nSPS) is 21.7. The van der Waals surface area contributed by atoms with Crippen molar-refractivity contribution in [3.63, 3.8) is 0 Å². The number of likely N-dealkylation sites (tertiary alicyclic amines) is 2. The van der Waals surface area contributed by atoms with Crippen molar-refractivity contribution in [1.29, 1.82) is 0 Å². The zero-order valence-electron chi connectivity index (χ0n) is 25.0. The van der Waals surface area contributed by atoms with Crippen LogP contribution >= 0.6 is 0 Å². The van der Waals surface area contributed by atoms with Crippen molar-refractivity contribution in [2.24, 2.45) is 5.41 Å². The van der Waals surface area contributed by atoms with E-state index in [0.29, 0.717) is 24.5 Å². The van der Waals surface area contributed by atoms with Crippen molar-refractivity contribution >= 4 is 34.3 Å². The number of piperazine rings is 2. The Hall–Kier alpha value is -3.92. The zero-order valence-corrected chi connectivity index (χ0v) is 25.0. The molecule has 10 heteroatoms. The number of rotatable bonds is 6. The van der Waals surface area contributed by atoms with Crippen LogP contribution in [0.1, 0.15) is 55.1 Å². The number of anilines is 1. The maximum atomic E-state index is 13.9. The van der Waals surface area contributed by atoms with Gasteiger partial charge in [0.2, 0.25) is 5.91 Å². The highest BCUT2D eigenvalue weighted by molar-refractivity contribution is 6.00. The Bertz CT molecular complexity index is 1440. The molecule has 10 nitrogen and oxygen atoms in total. The van der Waals surface area contributed by atoms with E-state index in [4.69, 9.17) is 0 Å². The number of carbonyl (C=O) groups is 3. The minimum atomic E-state index is -0.701. The van der Waals surface area contributed by atoms with Crippen LogP contribution < -0.4 is 10.2 Å². The summed E-state index contributed by atoms with van der Waals surface area (Å²) >= 11 is 0. The monoisotopic (exact) mass is 571 g/mol. The third-order valence-corrected chi connectivity index (χ3v) is 9.10. The number of para-hydroxylation sites is 1. The fourth-order valence-corrected chi connectivity index (χ4v) is 6.57. The van der Waals surface area contributed by atoms with Gasteiger partial charge in [0.1, 0.15) is 17.4 Å². The molecule has 0 unspecified atom stereocenters. The number of aromatic nitrogens is 2. The van der Waals surface area contributed by atoms with Gasteiger partial charge in [-0.15, -0.1) is 0 Å². The molecular formula is C32H41N7O3. The maximum Gasteiger partial charge on any atom is 0.272 e. The summed E-state index contributed by atoms with van der Waals surface area (Å²) in [5, 5.41) is 3.96. The molecule has 3 fully saturated rings. The largest absolute Gasteiger partial charge is 0.368 e. The van der Waals surface area contributed by atoms with Crippen molar-refractivity contribution in [3.05, 3.63) is 60.0 Å². The van der Waals surface area contributed by atoms with Crippen molar-refractivity contribution in [2.75, 3.05) is 50.7 Å². The second-order valence-corrected chi connectivity index (χ2v) is 12.9. The number of hydrogen-bond donors (Lipinski definition) is 2. The molecule has 3 atom stereocenters. The molecule has 2 N–H and O–H groups in total. The van der Waals surface area contributed by atoms with E-state index in [0.717, 1.165) is 55.7 Å². The van der Waals surface area contributed by atoms with Gasteiger partial charge in [-0.1, -0.05) is 45.9 Å². The second-order valence-electron chi connectivity index (χ2n) is 12.9. The van der Waals surface area contributed by atoms with E-state index in [2.05, 4.69) is 32.0 Å². The van der Waals surface area contributed by atoms with Gasteiger partial charge in [0.15, 0.2) is 0 Å². The van der Waals surface area contributed by atoms with Gasteiger partial charge in [0.25, 0.3) is 11.8 Å². The topological polar surface area (TPSA) is 105 Å². The first-order valence-electron chi connectivity index (χ1n) is 15.1. The standard InChI is InChI=1S/C32H41N7O3/c1-5-36-12-14-37(15-13-36)22-10-11-26(33-18-22)30(41)38-19-24-17-23(38)20-39(24)31(42)28(32(2,3)4)35-29(40)27-16-21-8-6-7-9-25(21)34-27/h6-11,16,18,23-24,28,34H,5,12-15,17,19-20H2,1-4H3,(H,35,40)/t23-,24-,28+/m0/s1. The molecule has 3 saturated heterocycles. The Morgan fingerprint density at radius 1 is 1.00 bits per heavy atom. The van der Waals surface area contributed by atoms with Crippen molar-refractivity contribution < 1.29 is 14.4 Å². The minimum Gasteiger partial charge on any atom is -0.368 e. The summed E-state index contributed by atoms with van der Waals surface area (Å²) in [6.45, 7) is 14.1. The summed E-state index contributed by atoms with van der Waals surface area (Å²) in [5.41, 5.74) is 2.30. The molecule has 5 heterocycles. The summed E-state index contributed by atoms with van der Waals surface area (Å²) in [4.78, 5) is 56.7. The lowest BCUT2D eigenvalue weighted by molar-refractivity contribution is -0.138. The van der Waals surface area contributed by atoms with Gasteiger partial charge in [-0.3, -0.25) is 14.4 Å². The fraction of sp³-hybridized carbons (Fsp3) is 0.500. The molecule has 1 aromatic carbocycles. The summed E-state index contributed by atoms with van der Waals surface area (Å²) in [7, 11) is 0. The molecule has 222 valence electrons. The predicted molar refractivity (Wildman–Crippen MR) is 163 cm³/mol. The van der Waals surface area contributed by atoms with Gasteiger partial charge in [0.05, 0.1) is 24.0 Å². The van der Waals surface area contributed by atoms with Crippen LogP contribution in [0.4, 0.5) is 5.69 Å². The zero-order chi connectivity index (χ0) is 29.6. The van der Waals surface area contributed by atoms with E-state index < -0.39 is 11.5 Å². The number of H-pyrrole nitrogens is 1. The lowest BCUT2D eigenvalue weighted by atomic mass is 9.85. The Morgan fingerprint density at radius 3 is 2.33 bits per heavy atom. The molecule has 42 heavy (non-hydrogen) atoms. The predicted octanol–water partition coefficient (Wildman–Crippen LogP) is 2.97. The molecule has 2 aromatic heterocycles. The Labute approximate surface area is 247 Å². The van der Waals surface area contributed by atoms with Gasteiger partial charge in [-0.25, -0.2) is 4.98 Å². The fourth-order valence-electron chi connectivity index (χ4n) is 6.57. The molecule has 6 rings (SSSR count). The van der Waals surface area contributed by atoms with Crippen LogP contribution in [0, 0.1) is 5.41 Å². The van der Waals surface area contributed by atoms with Gasteiger partial charge < -0.3 is 29.9 Å². The lowest BCUT2D eigenvalue weighted by Gasteiger charge is -2.39. The molecule has 3 amide bonds. The average molecular weight is 572 g/mol. The number of aromatic amines is 1. The van der Waals surface area contributed by atoms with E-state index >= 15 is 0 Å². The quantitative estimate of drug-likeness (QED) is 0.472. The Kier molecular flexibility index (Phi) is 7.43. The third kappa shape index (κ3) is 5.35. The Morgan fingerprint density at radius 2 is 1.71 bits per heavy atom. The molecule has 0 radical (unpaired) electrons. The lowest BCUT2D eigenvalue weighted by Crippen LogP contribution is -2.59. The first-order chi connectivity index (χ1) is 20.1. The highest BCUT2D eigenvalue weighted by Gasteiger charge is 2.50. The van der Waals surface area contributed by atoms with Crippen LogP contribution in [0.2, 0.25) is 0 Å². The SMILES string of the molecule is CCN1CCN(c2ccc(C(=O)N3C[C@@H]4C[C@H]3CN4C(=O)[C@@H](NC(=O)c3cc4ccccc4[nH]3)C(C)(C)C)nc2)CC1. The number of nitrogens with one attached hydrogen (secondary N) is 2. The summed E-state index contributed by atoms with van der Waals surface area (Å²) in [6.07, 6.45) is 2.55. The number of fused-ring (bicyclic) bond motifs is 3. The van der Waals surface area contributed by atoms with Crippen LogP contribution in [0.25, 0.3) is 10.9 Å².